The first-order valence-electron chi connectivity index (χ1n) is 7.54. The monoisotopic (exact) mass is 302 g/mol. The summed E-state index contributed by atoms with van der Waals surface area (Å²) in [5.41, 5.74) is 0.560. The van der Waals surface area contributed by atoms with Crippen LogP contribution in [0, 0.1) is 17.2 Å². The van der Waals surface area contributed by atoms with Crippen molar-refractivity contribution in [2.75, 3.05) is 31.7 Å². The van der Waals surface area contributed by atoms with E-state index in [9.17, 15) is 4.79 Å². The van der Waals surface area contributed by atoms with Crippen LogP contribution >= 0.6 is 0 Å². The zero-order valence-corrected chi connectivity index (χ0v) is 13.1. The molecule has 118 valence electrons. The van der Waals surface area contributed by atoms with Gasteiger partial charge in [0.15, 0.2) is 0 Å². The molecule has 1 amide bonds. The minimum absolute atomic E-state index is 0.0377. The van der Waals surface area contributed by atoms with E-state index in [-0.39, 0.29) is 17.9 Å². The quantitative estimate of drug-likeness (QED) is 0.887. The van der Waals surface area contributed by atoms with E-state index in [0.717, 1.165) is 31.7 Å². The summed E-state index contributed by atoms with van der Waals surface area (Å²) in [5.74, 6) is 1.02. The van der Waals surface area contributed by atoms with Crippen molar-refractivity contribution in [3.63, 3.8) is 0 Å². The largest absolute Gasteiger partial charge is 0.383 e. The highest BCUT2D eigenvalue weighted by Gasteiger charge is 2.26. The first-order chi connectivity index (χ1) is 10.6. The van der Waals surface area contributed by atoms with Crippen LogP contribution in [0.15, 0.2) is 18.3 Å². The number of carbonyl (C=O) groups excluding carboxylic acids is 1. The number of nitriles is 1. The molecule has 1 aliphatic heterocycles. The van der Waals surface area contributed by atoms with E-state index in [4.69, 9.17) is 10.00 Å². The Kier molecular flexibility index (Phi) is 5.73. The molecule has 1 atom stereocenters. The van der Waals surface area contributed by atoms with Crippen molar-refractivity contribution in [2.24, 2.45) is 5.92 Å². The van der Waals surface area contributed by atoms with E-state index >= 15 is 0 Å². The number of nitrogens with zero attached hydrogens (tertiary/aromatic N) is 3. The lowest BCUT2D eigenvalue weighted by molar-refractivity contribution is -0.126. The molecule has 22 heavy (non-hydrogen) atoms. The maximum absolute atomic E-state index is 12.2. The van der Waals surface area contributed by atoms with Crippen LogP contribution < -0.4 is 10.2 Å². The Hall–Kier alpha value is -2.13. The van der Waals surface area contributed by atoms with E-state index in [0.29, 0.717) is 12.2 Å². The van der Waals surface area contributed by atoms with Crippen LogP contribution in [0.3, 0.4) is 0 Å². The van der Waals surface area contributed by atoms with Crippen molar-refractivity contribution >= 4 is 11.7 Å². The third-order valence-corrected chi connectivity index (χ3v) is 3.87. The number of pyridine rings is 1. The molecule has 0 aliphatic carbocycles. The Morgan fingerprint density at radius 2 is 2.27 bits per heavy atom. The average Bonchev–Trinajstić information content (AvgIpc) is 2.55. The topological polar surface area (TPSA) is 78.2 Å². The van der Waals surface area contributed by atoms with Gasteiger partial charge >= 0.3 is 0 Å². The second-order valence-electron chi connectivity index (χ2n) is 5.64. The highest BCUT2D eigenvalue weighted by Crippen LogP contribution is 2.22. The molecular formula is C16H22N4O2. The van der Waals surface area contributed by atoms with E-state index in [1.54, 1.807) is 19.4 Å². The van der Waals surface area contributed by atoms with Crippen molar-refractivity contribution in [2.45, 2.75) is 25.8 Å². The van der Waals surface area contributed by atoms with E-state index in [1.165, 1.54) is 0 Å². The predicted molar refractivity (Wildman–Crippen MR) is 83.4 cm³/mol. The lowest BCUT2D eigenvalue weighted by Gasteiger charge is -2.32. The molecule has 0 spiro atoms. The zero-order chi connectivity index (χ0) is 15.9. The molecule has 0 bridgehead atoms. The van der Waals surface area contributed by atoms with Gasteiger partial charge in [-0.25, -0.2) is 4.98 Å². The van der Waals surface area contributed by atoms with Crippen LogP contribution in [0.5, 0.6) is 0 Å². The SMILES string of the molecule is COC[C@@H](C)NC(=O)C1CCN(c2ccc(C#N)cn2)CC1. The Labute approximate surface area is 131 Å². The minimum Gasteiger partial charge on any atom is -0.383 e. The van der Waals surface area contributed by atoms with Gasteiger partial charge in [0.2, 0.25) is 5.91 Å². The molecule has 0 unspecified atom stereocenters. The number of hydrogen-bond acceptors (Lipinski definition) is 5. The Balaban J connectivity index is 1.84. The maximum atomic E-state index is 12.2. The van der Waals surface area contributed by atoms with Crippen LogP contribution in [0.25, 0.3) is 0 Å². The van der Waals surface area contributed by atoms with E-state index in [1.807, 2.05) is 13.0 Å². The smallest absolute Gasteiger partial charge is 0.223 e. The number of rotatable bonds is 5. The number of nitrogens with one attached hydrogen (secondary N) is 1. The number of ether oxygens (including phenoxy) is 1. The highest BCUT2D eigenvalue weighted by atomic mass is 16.5. The van der Waals surface area contributed by atoms with Gasteiger partial charge in [-0.3, -0.25) is 4.79 Å². The van der Waals surface area contributed by atoms with E-state index in [2.05, 4.69) is 21.3 Å². The number of hydrogen-bond donors (Lipinski definition) is 1. The van der Waals surface area contributed by atoms with Gasteiger partial charge in [0.1, 0.15) is 11.9 Å². The van der Waals surface area contributed by atoms with Gasteiger partial charge in [-0.15, -0.1) is 0 Å². The lowest BCUT2D eigenvalue weighted by Crippen LogP contribution is -2.44. The van der Waals surface area contributed by atoms with Crippen molar-refractivity contribution in [1.82, 2.24) is 10.3 Å². The van der Waals surface area contributed by atoms with Crippen LogP contribution in [-0.4, -0.2) is 43.7 Å². The highest BCUT2D eigenvalue weighted by molar-refractivity contribution is 5.79. The molecule has 2 heterocycles. The number of anilines is 1. The van der Waals surface area contributed by atoms with Gasteiger partial charge in [0.25, 0.3) is 0 Å². The number of methoxy groups -OCH3 is 1. The van der Waals surface area contributed by atoms with Gasteiger partial charge in [0, 0.05) is 38.4 Å². The molecule has 1 saturated heterocycles. The fourth-order valence-corrected chi connectivity index (χ4v) is 2.66. The van der Waals surface area contributed by atoms with Crippen molar-refractivity contribution in [1.29, 1.82) is 5.26 Å². The zero-order valence-electron chi connectivity index (χ0n) is 13.1. The maximum Gasteiger partial charge on any atom is 0.223 e. The first-order valence-corrected chi connectivity index (χ1v) is 7.54. The summed E-state index contributed by atoms with van der Waals surface area (Å²) in [6.45, 7) is 4.07. The molecular weight excluding hydrogens is 280 g/mol. The van der Waals surface area contributed by atoms with Gasteiger partial charge in [-0.1, -0.05) is 0 Å². The van der Waals surface area contributed by atoms with Crippen molar-refractivity contribution < 1.29 is 9.53 Å². The molecule has 6 heteroatoms. The molecule has 1 fully saturated rings. The average molecular weight is 302 g/mol. The molecule has 1 aliphatic rings. The summed E-state index contributed by atoms with van der Waals surface area (Å²) >= 11 is 0. The molecule has 0 aromatic carbocycles. The first kappa shape index (κ1) is 16.2. The lowest BCUT2D eigenvalue weighted by atomic mass is 9.95. The standard InChI is InChI=1S/C16H22N4O2/c1-12(11-22-2)19-16(21)14-5-7-20(8-6-14)15-4-3-13(9-17)10-18-15/h3-4,10,12,14H,5-8,11H2,1-2H3,(H,19,21)/t12-/m1/s1. The summed E-state index contributed by atoms with van der Waals surface area (Å²) < 4.78 is 5.03. The molecule has 1 aromatic heterocycles. The predicted octanol–water partition coefficient (Wildman–Crippen LogP) is 1.32. The normalized spacial score (nSPS) is 16.9. The number of amides is 1. The second-order valence-corrected chi connectivity index (χ2v) is 5.64. The summed E-state index contributed by atoms with van der Waals surface area (Å²) in [5, 5.41) is 11.8. The summed E-state index contributed by atoms with van der Waals surface area (Å²) in [6, 6.07) is 5.73. The van der Waals surface area contributed by atoms with Crippen molar-refractivity contribution in [3.05, 3.63) is 23.9 Å². The van der Waals surface area contributed by atoms with Crippen LogP contribution in [-0.2, 0) is 9.53 Å². The fraction of sp³-hybridized carbons (Fsp3) is 0.562. The van der Waals surface area contributed by atoms with Gasteiger partial charge in [-0.2, -0.15) is 5.26 Å². The van der Waals surface area contributed by atoms with Gasteiger partial charge in [0.05, 0.1) is 12.2 Å². The van der Waals surface area contributed by atoms with Crippen LogP contribution in [0.2, 0.25) is 0 Å². The third-order valence-electron chi connectivity index (χ3n) is 3.87. The minimum atomic E-state index is 0.0377. The molecule has 0 radical (unpaired) electrons. The molecule has 6 nitrogen and oxygen atoms in total. The molecule has 2 rings (SSSR count). The molecule has 1 N–H and O–H groups in total. The second kappa shape index (κ2) is 7.76. The van der Waals surface area contributed by atoms with E-state index < -0.39 is 0 Å². The number of piperidine rings is 1. The molecule has 0 saturated carbocycles. The number of carbonyl (C=O) groups is 1. The summed E-state index contributed by atoms with van der Waals surface area (Å²) in [4.78, 5) is 18.6. The molecule has 1 aromatic rings. The Bertz CT molecular complexity index is 530. The fourth-order valence-electron chi connectivity index (χ4n) is 2.66. The number of aromatic nitrogens is 1. The Morgan fingerprint density at radius 3 is 2.82 bits per heavy atom. The van der Waals surface area contributed by atoms with Crippen LogP contribution in [0.4, 0.5) is 5.82 Å². The summed E-state index contributed by atoms with van der Waals surface area (Å²) in [6.07, 6.45) is 3.21. The Morgan fingerprint density at radius 1 is 1.55 bits per heavy atom. The van der Waals surface area contributed by atoms with Gasteiger partial charge in [-0.05, 0) is 31.9 Å². The van der Waals surface area contributed by atoms with Gasteiger partial charge < -0.3 is 15.0 Å². The third kappa shape index (κ3) is 4.18. The van der Waals surface area contributed by atoms with Crippen LogP contribution in [0.1, 0.15) is 25.3 Å². The van der Waals surface area contributed by atoms with Crippen molar-refractivity contribution in [3.8, 4) is 6.07 Å². The summed E-state index contributed by atoms with van der Waals surface area (Å²) in [7, 11) is 1.63.